The van der Waals surface area contributed by atoms with Crippen LogP contribution in [0.15, 0.2) is 29.4 Å². The highest BCUT2D eigenvalue weighted by Crippen LogP contribution is 1.95. The molecule has 6 nitrogen and oxygen atoms in total. The molecule has 0 bridgehead atoms. The molecule has 1 rings (SSSR count). The van der Waals surface area contributed by atoms with E-state index in [2.05, 4.69) is 21.2 Å². The van der Waals surface area contributed by atoms with Crippen molar-refractivity contribution in [1.29, 1.82) is 0 Å². The number of nitrogens with zero attached hydrogens (tertiary/aromatic N) is 1. The van der Waals surface area contributed by atoms with Gasteiger partial charge in [-0.05, 0) is 12.1 Å². The quantitative estimate of drug-likeness (QED) is 0.531. The summed E-state index contributed by atoms with van der Waals surface area (Å²) >= 11 is -1.32. The van der Waals surface area contributed by atoms with Gasteiger partial charge < -0.3 is 0 Å². The summed E-state index contributed by atoms with van der Waals surface area (Å²) in [4.78, 5) is 3.84. The van der Waals surface area contributed by atoms with Gasteiger partial charge in [0.15, 0.2) is 0 Å². The van der Waals surface area contributed by atoms with Crippen LogP contribution in [0.5, 0.6) is 0 Å². The van der Waals surface area contributed by atoms with Crippen LogP contribution < -0.4 is 0 Å². The second-order valence-electron chi connectivity index (χ2n) is 1.69. The summed E-state index contributed by atoms with van der Waals surface area (Å²) in [6.07, 6.45) is 1.71. The zero-order valence-electron chi connectivity index (χ0n) is 6.64. The lowest BCUT2D eigenvalue weighted by molar-refractivity contribution is 0.427. The van der Waals surface area contributed by atoms with E-state index in [-0.39, 0.29) is 0 Å². The maximum Gasteiger partial charge on any atom is 0.317 e. The molecule has 1 heterocycles. The Kier molecular flexibility index (Phi) is 7.84. The first-order chi connectivity index (χ1) is 6.52. The van der Waals surface area contributed by atoms with Crippen molar-refractivity contribution in [2.24, 2.45) is 0 Å². The molecule has 0 saturated carbocycles. The second-order valence-corrected chi connectivity index (χ2v) is 3.56. The minimum absolute atomic E-state index is 0.766. The number of pyridine rings is 1. The van der Waals surface area contributed by atoms with E-state index in [9.17, 15) is 8.42 Å². The summed E-state index contributed by atoms with van der Waals surface area (Å²) in [6, 6.07) is 5.60. The van der Waals surface area contributed by atoms with Gasteiger partial charge in [-0.1, -0.05) is 6.07 Å². The van der Waals surface area contributed by atoms with E-state index in [1.54, 1.807) is 6.20 Å². The summed E-state index contributed by atoms with van der Waals surface area (Å²) in [6.45, 7) is 0. The van der Waals surface area contributed by atoms with Crippen molar-refractivity contribution in [3.63, 3.8) is 0 Å². The molecule has 0 fully saturated rings. The standard InChI is InChI=1S/C5H5NS.H2O5S2/c7-5-3-1-2-4-6-5;1-6(2)5-7(3)4/h1-4H,(H,6,7);(H,1,2)(H,3,4). The Morgan fingerprint density at radius 1 is 1.29 bits per heavy atom. The Balaban J connectivity index is 0.000000241. The van der Waals surface area contributed by atoms with Crippen molar-refractivity contribution in [1.82, 2.24) is 4.98 Å². The average molecular weight is 257 g/mol. The summed E-state index contributed by atoms with van der Waals surface area (Å²) in [5.41, 5.74) is 0. The third kappa shape index (κ3) is 9.77. The van der Waals surface area contributed by atoms with Crippen LogP contribution in [-0.2, 0) is 26.4 Å². The molecule has 1 aromatic rings. The molecule has 14 heavy (non-hydrogen) atoms. The normalized spacial score (nSPS) is 13.6. The predicted octanol–water partition coefficient (Wildman–Crippen LogP) is 0.647. The Morgan fingerprint density at radius 2 is 1.86 bits per heavy atom. The van der Waals surface area contributed by atoms with Gasteiger partial charge in [0.05, 0.1) is 5.03 Å². The molecule has 0 aliphatic rings. The Morgan fingerprint density at radius 3 is 2.00 bits per heavy atom. The van der Waals surface area contributed by atoms with Gasteiger partial charge in [-0.25, -0.2) is 0 Å². The van der Waals surface area contributed by atoms with Gasteiger partial charge >= 0.3 is 22.7 Å². The van der Waals surface area contributed by atoms with E-state index >= 15 is 0 Å². The molecule has 0 aromatic carbocycles. The molecule has 0 aliphatic heterocycles. The lowest BCUT2D eigenvalue weighted by atomic mass is 10.5. The van der Waals surface area contributed by atoms with Gasteiger partial charge in [-0.15, -0.1) is 16.3 Å². The van der Waals surface area contributed by atoms with Gasteiger partial charge in [0.1, 0.15) is 0 Å². The molecular weight excluding hydrogens is 250 g/mol. The molecule has 0 radical (unpaired) electrons. The van der Waals surface area contributed by atoms with E-state index < -0.39 is 22.7 Å². The smallest absolute Gasteiger partial charge is 0.283 e. The summed E-state index contributed by atoms with van der Waals surface area (Å²) in [5.74, 6) is 0. The Bertz CT molecular complexity index is 293. The van der Waals surface area contributed by atoms with Gasteiger partial charge in [-0.3, -0.25) is 14.1 Å². The van der Waals surface area contributed by atoms with Crippen molar-refractivity contribution in [3.8, 4) is 0 Å². The molecule has 80 valence electrons. The first-order valence-corrected chi connectivity index (χ1v) is 5.54. The zero-order chi connectivity index (χ0) is 11.0. The first kappa shape index (κ1) is 13.7. The third-order valence-corrected chi connectivity index (χ3v) is 1.96. The van der Waals surface area contributed by atoms with Gasteiger partial charge in [0.25, 0.3) is 0 Å². The van der Waals surface area contributed by atoms with Gasteiger partial charge in [0.2, 0.25) is 0 Å². The molecule has 0 spiro atoms. The molecule has 0 saturated heterocycles. The summed E-state index contributed by atoms with van der Waals surface area (Å²) in [7, 11) is 0. The fourth-order valence-corrected chi connectivity index (χ4v) is 0.955. The number of hydrogen-bond donors (Lipinski definition) is 3. The van der Waals surface area contributed by atoms with Crippen LogP contribution in [0, 0.1) is 0 Å². The monoisotopic (exact) mass is 257 g/mol. The molecular formula is C5H7NO5S3. The van der Waals surface area contributed by atoms with Crippen molar-refractivity contribution in [2.75, 3.05) is 0 Å². The van der Waals surface area contributed by atoms with Crippen LogP contribution in [-0.4, -0.2) is 22.5 Å². The summed E-state index contributed by atoms with van der Waals surface area (Å²) in [5, 5.41) is 0.766. The van der Waals surface area contributed by atoms with Crippen LogP contribution in [0.2, 0.25) is 0 Å². The number of aromatic nitrogens is 1. The maximum absolute atomic E-state index is 9.35. The van der Waals surface area contributed by atoms with E-state index in [4.69, 9.17) is 9.11 Å². The highest BCUT2D eigenvalue weighted by Gasteiger charge is 1.96. The highest BCUT2D eigenvalue weighted by atomic mass is 32.3. The second kappa shape index (κ2) is 8.03. The summed E-state index contributed by atoms with van der Waals surface area (Å²) < 4.78 is 37.2. The highest BCUT2D eigenvalue weighted by molar-refractivity contribution is 7.87. The first-order valence-electron chi connectivity index (χ1n) is 3.03. The SMILES string of the molecule is O=S(O)OS(=O)O.Sc1ccccn1. The van der Waals surface area contributed by atoms with Crippen LogP contribution in [0.3, 0.4) is 0 Å². The van der Waals surface area contributed by atoms with Crippen molar-refractivity contribution in [2.45, 2.75) is 5.03 Å². The molecule has 0 aliphatic carbocycles. The molecule has 0 atom stereocenters. The Labute approximate surface area is 91.1 Å². The molecule has 9 heteroatoms. The van der Waals surface area contributed by atoms with Gasteiger partial charge in [-0.2, -0.15) is 8.42 Å². The maximum atomic E-state index is 9.35. The Hall–Kier alpha value is -0.320. The minimum atomic E-state index is -2.65. The molecule has 0 amide bonds. The topological polar surface area (TPSA) is 96.7 Å². The third-order valence-electron chi connectivity index (χ3n) is 0.766. The molecule has 0 unspecified atom stereocenters. The van der Waals surface area contributed by atoms with E-state index in [0.29, 0.717) is 0 Å². The lowest BCUT2D eigenvalue weighted by Crippen LogP contribution is -1.96. The number of rotatable bonds is 2. The van der Waals surface area contributed by atoms with E-state index in [1.165, 1.54) is 0 Å². The van der Waals surface area contributed by atoms with Crippen molar-refractivity contribution in [3.05, 3.63) is 24.4 Å². The van der Waals surface area contributed by atoms with Gasteiger partial charge in [0, 0.05) is 6.20 Å². The molecule has 2 N–H and O–H groups in total. The van der Waals surface area contributed by atoms with E-state index in [1.807, 2.05) is 18.2 Å². The van der Waals surface area contributed by atoms with Crippen LogP contribution >= 0.6 is 12.6 Å². The zero-order valence-corrected chi connectivity index (χ0v) is 9.17. The van der Waals surface area contributed by atoms with Crippen molar-refractivity contribution < 1.29 is 21.2 Å². The largest absolute Gasteiger partial charge is 0.317 e. The lowest BCUT2D eigenvalue weighted by Gasteiger charge is -1.82. The predicted molar refractivity (Wildman–Crippen MR) is 54.1 cm³/mol. The minimum Gasteiger partial charge on any atom is -0.283 e. The number of hydrogen-bond acceptors (Lipinski definition) is 5. The average Bonchev–Trinajstić information content (AvgIpc) is 2.03. The van der Waals surface area contributed by atoms with Crippen LogP contribution in [0.25, 0.3) is 0 Å². The van der Waals surface area contributed by atoms with Crippen molar-refractivity contribution >= 4 is 35.4 Å². The number of thiol groups is 1. The van der Waals surface area contributed by atoms with E-state index in [0.717, 1.165) is 5.03 Å². The molecule has 1 aromatic heterocycles. The van der Waals surface area contributed by atoms with Crippen LogP contribution in [0.4, 0.5) is 0 Å². The van der Waals surface area contributed by atoms with Crippen LogP contribution in [0.1, 0.15) is 0 Å². The fraction of sp³-hybridized carbons (Fsp3) is 0. The fourth-order valence-electron chi connectivity index (χ4n) is 0.404.